The highest BCUT2D eigenvalue weighted by atomic mass is 35.5. The van der Waals surface area contributed by atoms with E-state index in [1.165, 1.54) is 4.68 Å². The number of benzene rings is 1. The second-order valence-electron chi connectivity index (χ2n) is 11.1. The lowest BCUT2D eigenvalue weighted by atomic mass is 9.97. The molecule has 216 valence electrons. The molecule has 4 amide bonds. The molecular formula is C28H33ClN8O4. The average molecular weight is 581 g/mol. The summed E-state index contributed by atoms with van der Waals surface area (Å²) in [6.07, 6.45) is 2.92. The van der Waals surface area contributed by atoms with Gasteiger partial charge in [0.2, 0.25) is 17.7 Å². The maximum atomic E-state index is 13.7. The van der Waals surface area contributed by atoms with Crippen molar-refractivity contribution >= 4 is 57.6 Å². The number of halogens is 1. The molecule has 6 N–H and O–H groups in total. The van der Waals surface area contributed by atoms with E-state index in [0.29, 0.717) is 28.8 Å². The monoisotopic (exact) mass is 580 g/mol. The van der Waals surface area contributed by atoms with E-state index in [2.05, 4.69) is 20.7 Å². The van der Waals surface area contributed by atoms with Crippen molar-refractivity contribution in [1.82, 2.24) is 19.7 Å². The SMILES string of the molecule is CC(C)C[C@H](N)C(=O)Nc1ccc2c(c1)c(C(N)=O)nn2CC(=O)N1[C@@H]2CC[C@@H](C2)[C@H]1C(=O)Nc1cccc(Cl)n1. The number of amides is 4. The van der Waals surface area contributed by atoms with Gasteiger partial charge < -0.3 is 27.0 Å². The van der Waals surface area contributed by atoms with Crippen molar-refractivity contribution in [1.29, 1.82) is 0 Å². The fourth-order valence-corrected chi connectivity index (χ4v) is 6.15. The molecule has 2 bridgehead atoms. The van der Waals surface area contributed by atoms with Gasteiger partial charge in [-0.2, -0.15) is 5.10 Å². The van der Waals surface area contributed by atoms with E-state index < -0.39 is 18.0 Å². The number of hydrogen-bond donors (Lipinski definition) is 4. The first-order chi connectivity index (χ1) is 19.5. The van der Waals surface area contributed by atoms with Crippen LogP contribution in [0.3, 0.4) is 0 Å². The Morgan fingerprint density at radius 3 is 2.61 bits per heavy atom. The summed E-state index contributed by atoms with van der Waals surface area (Å²) < 4.78 is 1.41. The molecule has 0 spiro atoms. The highest BCUT2D eigenvalue weighted by Gasteiger charge is 2.51. The Kier molecular flexibility index (Phi) is 7.96. The van der Waals surface area contributed by atoms with Gasteiger partial charge in [0.25, 0.3) is 5.91 Å². The minimum absolute atomic E-state index is 0.0281. The molecule has 5 rings (SSSR count). The number of piperidine rings is 1. The normalized spacial score (nSPS) is 20.4. The maximum Gasteiger partial charge on any atom is 0.269 e. The number of nitrogens with zero attached hydrogens (tertiary/aromatic N) is 4. The summed E-state index contributed by atoms with van der Waals surface area (Å²) in [4.78, 5) is 57.5. The Bertz CT molecular complexity index is 1520. The molecule has 1 saturated heterocycles. The number of carbonyl (C=O) groups is 4. The maximum absolute atomic E-state index is 13.7. The summed E-state index contributed by atoms with van der Waals surface area (Å²) in [5.41, 5.74) is 12.5. The molecule has 0 radical (unpaired) electrons. The van der Waals surface area contributed by atoms with Crippen LogP contribution in [0, 0.1) is 11.8 Å². The van der Waals surface area contributed by atoms with Crippen LogP contribution in [0.1, 0.15) is 50.0 Å². The number of nitrogens with two attached hydrogens (primary N) is 2. The zero-order valence-electron chi connectivity index (χ0n) is 22.8. The van der Waals surface area contributed by atoms with E-state index in [9.17, 15) is 19.2 Å². The molecule has 0 unspecified atom stereocenters. The second-order valence-corrected chi connectivity index (χ2v) is 11.5. The molecule has 3 heterocycles. The zero-order chi connectivity index (χ0) is 29.4. The first-order valence-corrected chi connectivity index (χ1v) is 14.0. The van der Waals surface area contributed by atoms with Crippen molar-refractivity contribution in [3.05, 3.63) is 47.2 Å². The molecule has 2 aromatic heterocycles. The lowest BCUT2D eigenvalue weighted by Crippen LogP contribution is -2.52. The van der Waals surface area contributed by atoms with Crippen molar-refractivity contribution in [2.75, 3.05) is 10.6 Å². The van der Waals surface area contributed by atoms with E-state index in [1.54, 1.807) is 41.3 Å². The molecule has 41 heavy (non-hydrogen) atoms. The highest BCUT2D eigenvalue weighted by Crippen LogP contribution is 2.43. The van der Waals surface area contributed by atoms with Crippen molar-refractivity contribution in [2.45, 2.75) is 64.2 Å². The minimum atomic E-state index is -0.771. The molecule has 4 atom stereocenters. The van der Waals surface area contributed by atoms with Gasteiger partial charge in [-0.25, -0.2) is 4.98 Å². The first-order valence-electron chi connectivity index (χ1n) is 13.6. The lowest BCUT2D eigenvalue weighted by Gasteiger charge is -2.34. The van der Waals surface area contributed by atoms with E-state index in [-0.39, 0.29) is 53.0 Å². The second kappa shape index (κ2) is 11.5. The molecular weight excluding hydrogens is 548 g/mol. The van der Waals surface area contributed by atoms with E-state index in [1.807, 2.05) is 13.8 Å². The van der Waals surface area contributed by atoms with Crippen molar-refractivity contribution < 1.29 is 19.2 Å². The van der Waals surface area contributed by atoms with Crippen LogP contribution in [0.15, 0.2) is 36.4 Å². The van der Waals surface area contributed by atoms with Gasteiger partial charge in [0.05, 0.1) is 11.6 Å². The van der Waals surface area contributed by atoms with Crippen LogP contribution in [0.4, 0.5) is 11.5 Å². The standard InChI is InChI=1S/C28H33ClN8O4/c1-14(2)10-19(30)27(40)32-16-7-9-20-18(12-16)24(26(31)39)35-36(20)13-23(38)37-17-8-6-15(11-17)25(37)28(41)34-22-5-3-4-21(29)33-22/h3-5,7,9,12,14-15,17,19,25H,6,8,10-11,13,30H2,1-2H3,(H2,31,39)(H,32,40)(H,33,34,41)/t15-,17+,19-,25-/m0/s1. The van der Waals surface area contributed by atoms with Gasteiger partial charge in [-0.1, -0.05) is 31.5 Å². The zero-order valence-corrected chi connectivity index (χ0v) is 23.6. The Hall–Kier alpha value is -4.03. The number of carbonyl (C=O) groups excluding carboxylic acids is 4. The van der Waals surface area contributed by atoms with Gasteiger partial charge in [0, 0.05) is 17.1 Å². The number of rotatable bonds is 9. The quantitative estimate of drug-likeness (QED) is 0.281. The summed E-state index contributed by atoms with van der Waals surface area (Å²) in [5.74, 6) is -1.13. The Morgan fingerprint density at radius 1 is 1.12 bits per heavy atom. The molecule has 1 aliphatic carbocycles. The summed E-state index contributed by atoms with van der Waals surface area (Å²) in [5, 5.41) is 10.5. The van der Waals surface area contributed by atoms with Crippen LogP contribution >= 0.6 is 11.6 Å². The third-order valence-corrected chi connectivity index (χ3v) is 7.92. The molecule has 2 fully saturated rings. The number of likely N-dealkylation sites (tertiary alicyclic amines) is 1. The van der Waals surface area contributed by atoms with Crippen LogP contribution in [-0.4, -0.2) is 61.4 Å². The van der Waals surface area contributed by atoms with Crippen LogP contribution < -0.4 is 22.1 Å². The van der Waals surface area contributed by atoms with E-state index >= 15 is 0 Å². The van der Waals surface area contributed by atoms with Crippen LogP contribution in [-0.2, 0) is 20.9 Å². The topological polar surface area (TPSA) is 178 Å². The fraction of sp³-hybridized carbons (Fsp3) is 0.429. The molecule has 12 nitrogen and oxygen atoms in total. The lowest BCUT2D eigenvalue weighted by molar-refractivity contribution is -0.141. The number of primary amides is 1. The molecule has 3 aromatic rings. The van der Waals surface area contributed by atoms with Crippen LogP contribution in [0.2, 0.25) is 5.15 Å². The number of pyridine rings is 1. The molecule has 1 aliphatic heterocycles. The molecule has 1 aromatic carbocycles. The summed E-state index contributed by atoms with van der Waals surface area (Å²) in [6, 6.07) is 8.44. The summed E-state index contributed by atoms with van der Waals surface area (Å²) in [6.45, 7) is 3.76. The highest BCUT2D eigenvalue weighted by molar-refractivity contribution is 6.29. The van der Waals surface area contributed by atoms with Crippen LogP contribution in [0.5, 0.6) is 0 Å². The number of fused-ring (bicyclic) bond motifs is 3. The van der Waals surface area contributed by atoms with Gasteiger partial charge in [0.1, 0.15) is 23.6 Å². The first kappa shape index (κ1) is 28.5. The average Bonchev–Trinajstić information content (AvgIpc) is 3.61. The van der Waals surface area contributed by atoms with Gasteiger partial charge in [-0.15, -0.1) is 0 Å². The largest absolute Gasteiger partial charge is 0.364 e. The smallest absolute Gasteiger partial charge is 0.269 e. The van der Waals surface area contributed by atoms with Crippen molar-refractivity contribution in [3.63, 3.8) is 0 Å². The van der Waals surface area contributed by atoms with Gasteiger partial charge in [-0.3, -0.25) is 23.9 Å². The van der Waals surface area contributed by atoms with Gasteiger partial charge in [0.15, 0.2) is 5.69 Å². The van der Waals surface area contributed by atoms with Crippen LogP contribution in [0.25, 0.3) is 10.9 Å². The summed E-state index contributed by atoms with van der Waals surface area (Å²) >= 11 is 5.96. The number of anilines is 2. The third-order valence-electron chi connectivity index (χ3n) is 7.71. The number of nitrogens with one attached hydrogen (secondary N) is 2. The van der Waals surface area contributed by atoms with E-state index in [4.69, 9.17) is 23.1 Å². The Morgan fingerprint density at radius 2 is 1.90 bits per heavy atom. The van der Waals surface area contributed by atoms with Gasteiger partial charge in [-0.05, 0) is 67.9 Å². The third kappa shape index (κ3) is 5.89. The van der Waals surface area contributed by atoms with E-state index in [0.717, 1.165) is 19.3 Å². The van der Waals surface area contributed by atoms with Crippen molar-refractivity contribution in [2.24, 2.45) is 23.3 Å². The predicted molar refractivity (Wildman–Crippen MR) is 154 cm³/mol. The Balaban J connectivity index is 1.37. The Labute approximate surface area is 241 Å². The minimum Gasteiger partial charge on any atom is -0.364 e. The predicted octanol–water partition coefficient (Wildman–Crippen LogP) is 2.51. The van der Waals surface area contributed by atoms with Crippen molar-refractivity contribution in [3.8, 4) is 0 Å². The molecule has 1 saturated carbocycles. The molecule has 13 heteroatoms. The molecule has 2 aliphatic rings. The number of hydrogen-bond acceptors (Lipinski definition) is 7. The summed E-state index contributed by atoms with van der Waals surface area (Å²) in [7, 11) is 0. The fourth-order valence-electron chi connectivity index (χ4n) is 5.98. The number of aromatic nitrogens is 3. The van der Waals surface area contributed by atoms with Gasteiger partial charge >= 0.3 is 0 Å².